The molecule has 0 saturated heterocycles. The minimum Gasteiger partial charge on any atom is -0.321 e. The number of hydrogen-bond acceptors (Lipinski definition) is 1. The van der Waals surface area contributed by atoms with Gasteiger partial charge in [0.1, 0.15) is 0 Å². The molecule has 1 saturated carbocycles. The average Bonchev–Trinajstić information content (AvgIpc) is 2.28. The van der Waals surface area contributed by atoms with Crippen molar-refractivity contribution in [1.29, 1.82) is 0 Å². The van der Waals surface area contributed by atoms with Crippen molar-refractivity contribution in [3.63, 3.8) is 0 Å². The Kier molecular flexibility index (Phi) is 4.03. The summed E-state index contributed by atoms with van der Waals surface area (Å²) in [5.41, 5.74) is 7.71. The molecule has 2 N–H and O–H groups in total. The van der Waals surface area contributed by atoms with Crippen LogP contribution in [0.3, 0.4) is 0 Å². The van der Waals surface area contributed by atoms with E-state index in [1.807, 2.05) is 18.2 Å². The van der Waals surface area contributed by atoms with Gasteiger partial charge in [0, 0.05) is 10.6 Å². The van der Waals surface area contributed by atoms with Crippen LogP contribution in [0.15, 0.2) is 24.3 Å². The van der Waals surface area contributed by atoms with E-state index in [0.717, 1.165) is 17.0 Å². The number of benzene rings is 1. The number of halogens is 1. The molecule has 0 amide bonds. The van der Waals surface area contributed by atoms with E-state index in [0.29, 0.717) is 17.8 Å². The molecular weight excluding hydrogens is 242 g/mol. The van der Waals surface area contributed by atoms with Gasteiger partial charge in [-0.3, -0.25) is 0 Å². The Morgan fingerprint density at radius 2 is 1.94 bits per heavy atom. The monoisotopic (exact) mass is 265 g/mol. The molecule has 1 aromatic carbocycles. The molecule has 0 spiro atoms. The molecule has 1 aliphatic rings. The van der Waals surface area contributed by atoms with E-state index in [-0.39, 0.29) is 5.54 Å². The smallest absolute Gasteiger partial charge is 0.0458 e. The summed E-state index contributed by atoms with van der Waals surface area (Å²) in [5.74, 6) is 1.80. The Hall–Kier alpha value is -0.530. The summed E-state index contributed by atoms with van der Waals surface area (Å²) in [6.45, 7) is 6.85. The van der Waals surface area contributed by atoms with E-state index in [1.165, 1.54) is 12.8 Å². The SMILES string of the molecule is CC1CCC(C(C)C)C(N)(c2ccccc2Cl)C1. The molecular formula is C16H24ClN. The van der Waals surface area contributed by atoms with Crippen LogP contribution in [-0.4, -0.2) is 0 Å². The van der Waals surface area contributed by atoms with Crippen LogP contribution < -0.4 is 5.73 Å². The Morgan fingerprint density at radius 1 is 1.28 bits per heavy atom. The van der Waals surface area contributed by atoms with Gasteiger partial charge in [-0.15, -0.1) is 0 Å². The quantitative estimate of drug-likeness (QED) is 0.832. The second-order valence-corrected chi connectivity index (χ2v) is 6.66. The summed E-state index contributed by atoms with van der Waals surface area (Å²) in [5, 5.41) is 0.819. The predicted octanol–water partition coefficient (Wildman–Crippen LogP) is 4.59. The van der Waals surface area contributed by atoms with Crippen LogP contribution in [0, 0.1) is 17.8 Å². The second kappa shape index (κ2) is 5.22. The van der Waals surface area contributed by atoms with Gasteiger partial charge in [0.2, 0.25) is 0 Å². The van der Waals surface area contributed by atoms with Crippen molar-refractivity contribution in [2.75, 3.05) is 0 Å². The van der Waals surface area contributed by atoms with Crippen molar-refractivity contribution in [2.24, 2.45) is 23.5 Å². The zero-order valence-corrected chi connectivity index (χ0v) is 12.4. The summed E-state index contributed by atoms with van der Waals surface area (Å²) in [4.78, 5) is 0. The highest BCUT2D eigenvalue weighted by atomic mass is 35.5. The summed E-state index contributed by atoms with van der Waals surface area (Å²) in [6.07, 6.45) is 3.53. The number of hydrogen-bond donors (Lipinski definition) is 1. The van der Waals surface area contributed by atoms with Gasteiger partial charge in [0.05, 0.1) is 0 Å². The molecule has 100 valence electrons. The molecule has 1 fully saturated rings. The molecule has 1 aromatic rings. The first-order chi connectivity index (χ1) is 8.45. The highest BCUT2D eigenvalue weighted by molar-refractivity contribution is 6.31. The molecule has 0 aliphatic heterocycles. The molecule has 0 aromatic heterocycles. The molecule has 0 radical (unpaired) electrons. The Labute approximate surface area is 116 Å². The zero-order valence-electron chi connectivity index (χ0n) is 11.6. The van der Waals surface area contributed by atoms with Crippen LogP contribution in [0.1, 0.15) is 45.6 Å². The molecule has 1 nitrogen and oxygen atoms in total. The molecule has 1 aliphatic carbocycles. The first-order valence-electron chi connectivity index (χ1n) is 6.99. The summed E-state index contributed by atoms with van der Waals surface area (Å²) < 4.78 is 0. The molecule has 18 heavy (non-hydrogen) atoms. The van der Waals surface area contributed by atoms with Crippen molar-refractivity contribution in [3.05, 3.63) is 34.9 Å². The maximum atomic E-state index is 6.83. The standard InChI is InChI=1S/C16H24ClN/c1-11(2)13-9-8-12(3)10-16(13,18)14-6-4-5-7-15(14)17/h4-7,11-13H,8-10,18H2,1-3H3. The van der Waals surface area contributed by atoms with Crippen molar-refractivity contribution in [3.8, 4) is 0 Å². The number of nitrogens with two attached hydrogens (primary N) is 1. The molecule has 2 heteroatoms. The van der Waals surface area contributed by atoms with Crippen LogP contribution in [0.4, 0.5) is 0 Å². The van der Waals surface area contributed by atoms with Crippen molar-refractivity contribution in [1.82, 2.24) is 0 Å². The van der Waals surface area contributed by atoms with Gasteiger partial charge < -0.3 is 5.73 Å². The predicted molar refractivity (Wildman–Crippen MR) is 78.7 cm³/mol. The van der Waals surface area contributed by atoms with Gasteiger partial charge in [-0.2, -0.15) is 0 Å². The van der Waals surface area contributed by atoms with Crippen LogP contribution in [-0.2, 0) is 5.54 Å². The number of rotatable bonds is 2. The lowest BCUT2D eigenvalue weighted by molar-refractivity contribution is 0.108. The van der Waals surface area contributed by atoms with Gasteiger partial charge in [-0.05, 0) is 42.2 Å². The molecule has 2 rings (SSSR count). The lowest BCUT2D eigenvalue weighted by Gasteiger charge is -2.46. The third kappa shape index (κ3) is 2.44. The van der Waals surface area contributed by atoms with E-state index >= 15 is 0 Å². The normalized spacial score (nSPS) is 32.8. The van der Waals surface area contributed by atoms with E-state index in [4.69, 9.17) is 17.3 Å². The minimum absolute atomic E-state index is 0.260. The maximum Gasteiger partial charge on any atom is 0.0458 e. The van der Waals surface area contributed by atoms with Gasteiger partial charge in [0.25, 0.3) is 0 Å². The zero-order chi connectivity index (χ0) is 13.3. The minimum atomic E-state index is -0.260. The molecule has 0 heterocycles. The Balaban J connectivity index is 2.44. The maximum absolute atomic E-state index is 6.83. The third-order valence-corrected chi connectivity index (χ3v) is 4.83. The second-order valence-electron chi connectivity index (χ2n) is 6.26. The fraction of sp³-hybridized carbons (Fsp3) is 0.625. The van der Waals surface area contributed by atoms with Crippen LogP contribution in [0.2, 0.25) is 5.02 Å². The van der Waals surface area contributed by atoms with E-state index in [9.17, 15) is 0 Å². The van der Waals surface area contributed by atoms with Gasteiger partial charge in [-0.1, -0.05) is 57.0 Å². The highest BCUT2D eigenvalue weighted by Gasteiger charge is 2.43. The van der Waals surface area contributed by atoms with Crippen LogP contribution >= 0.6 is 11.6 Å². The first-order valence-corrected chi connectivity index (χ1v) is 7.37. The lowest BCUT2D eigenvalue weighted by atomic mass is 9.63. The fourth-order valence-corrected chi connectivity index (χ4v) is 3.94. The van der Waals surface area contributed by atoms with Gasteiger partial charge in [-0.25, -0.2) is 0 Å². The van der Waals surface area contributed by atoms with Crippen molar-refractivity contribution in [2.45, 2.75) is 45.6 Å². The van der Waals surface area contributed by atoms with Gasteiger partial charge >= 0.3 is 0 Å². The Bertz CT molecular complexity index is 415. The third-order valence-electron chi connectivity index (χ3n) is 4.50. The largest absolute Gasteiger partial charge is 0.321 e. The van der Waals surface area contributed by atoms with Crippen LogP contribution in [0.25, 0.3) is 0 Å². The molecule has 3 unspecified atom stereocenters. The topological polar surface area (TPSA) is 26.0 Å². The fourth-order valence-electron chi connectivity index (χ4n) is 3.63. The average molecular weight is 266 g/mol. The Morgan fingerprint density at radius 3 is 2.56 bits per heavy atom. The molecule has 0 bridgehead atoms. The van der Waals surface area contributed by atoms with E-state index < -0.39 is 0 Å². The van der Waals surface area contributed by atoms with Crippen LogP contribution in [0.5, 0.6) is 0 Å². The first kappa shape index (κ1) is 13.9. The lowest BCUT2D eigenvalue weighted by Crippen LogP contribution is -2.50. The molecule has 3 atom stereocenters. The van der Waals surface area contributed by atoms with Gasteiger partial charge in [0.15, 0.2) is 0 Å². The van der Waals surface area contributed by atoms with Crippen molar-refractivity contribution >= 4 is 11.6 Å². The van der Waals surface area contributed by atoms with E-state index in [2.05, 4.69) is 26.8 Å². The van der Waals surface area contributed by atoms with E-state index in [1.54, 1.807) is 0 Å². The summed E-state index contributed by atoms with van der Waals surface area (Å²) >= 11 is 6.38. The summed E-state index contributed by atoms with van der Waals surface area (Å²) in [7, 11) is 0. The van der Waals surface area contributed by atoms with Crippen molar-refractivity contribution < 1.29 is 0 Å². The summed E-state index contributed by atoms with van der Waals surface area (Å²) in [6, 6.07) is 8.09. The highest BCUT2D eigenvalue weighted by Crippen LogP contribution is 2.47.